The molecule has 2 aliphatic rings. The summed E-state index contributed by atoms with van der Waals surface area (Å²) < 4.78 is 44.0. The van der Waals surface area contributed by atoms with Gasteiger partial charge in [-0.3, -0.25) is 14.9 Å². The molecule has 11 heteroatoms. The van der Waals surface area contributed by atoms with Crippen molar-refractivity contribution in [3.8, 4) is 0 Å². The summed E-state index contributed by atoms with van der Waals surface area (Å²) in [6, 6.07) is 2.41. The van der Waals surface area contributed by atoms with E-state index in [1.165, 1.54) is 6.07 Å². The Kier molecular flexibility index (Phi) is 6.69. The number of nitrogens with one attached hydrogen (secondary N) is 2. The minimum absolute atomic E-state index is 0.0381. The van der Waals surface area contributed by atoms with Gasteiger partial charge in [0.25, 0.3) is 11.6 Å². The van der Waals surface area contributed by atoms with E-state index in [2.05, 4.69) is 10.6 Å². The number of ether oxygens (including phenoxy) is 1. The van der Waals surface area contributed by atoms with Gasteiger partial charge in [0, 0.05) is 32.2 Å². The van der Waals surface area contributed by atoms with Gasteiger partial charge in [0.2, 0.25) is 0 Å². The number of morpholine rings is 1. The third kappa shape index (κ3) is 4.94. The summed E-state index contributed by atoms with van der Waals surface area (Å²) in [5.41, 5.74) is 0.722. The number of halogens is 3. The number of amides is 1. The van der Waals surface area contributed by atoms with Crippen LogP contribution in [0.3, 0.4) is 0 Å². The van der Waals surface area contributed by atoms with E-state index >= 15 is 0 Å². The Balaban J connectivity index is 1.83. The quantitative estimate of drug-likeness (QED) is 0.550. The number of nitro groups is 1. The Morgan fingerprint density at radius 3 is 2.37 bits per heavy atom. The van der Waals surface area contributed by atoms with Crippen LogP contribution in [0.1, 0.15) is 36.0 Å². The van der Waals surface area contributed by atoms with Crippen molar-refractivity contribution < 1.29 is 27.6 Å². The Hall–Kier alpha value is -2.56. The second-order valence-electron chi connectivity index (χ2n) is 7.56. The summed E-state index contributed by atoms with van der Waals surface area (Å²) in [5.74, 6) is -1.86. The lowest BCUT2D eigenvalue weighted by Gasteiger charge is -2.32. The Morgan fingerprint density at radius 2 is 1.83 bits per heavy atom. The topological polar surface area (TPSA) is 96.7 Å². The van der Waals surface area contributed by atoms with Crippen LogP contribution in [0.5, 0.6) is 0 Å². The minimum atomic E-state index is -4.22. The first-order chi connectivity index (χ1) is 14.2. The Morgan fingerprint density at radius 1 is 1.20 bits per heavy atom. The molecule has 0 unspecified atom stereocenters. The van der Waals surface area contributed by atoms with Crippen molar-refractivity contribution in [3.05, 3.63) is 27.8 Å². The summed E-state index contributed by atoms with van der Waals surface area (Å²) >= 11 is 0. The summed E-state index contributed by atoms with van der Waals surface area (Å²) in [7, 11) is 1.56. The van der Waals surface area contributed by atoms with E-state index in [0.29, 0.717) is 32.0 Å². The molecule has 3 rings (SSSR count). The van der Waals surface area contributed by atoms with Crippen molar-refractivity contribution in [3.63, 3.8) is 0 Å². The summed E-state index contributed by atoms with van der Waals surface area (Å²) in [5, 5.41) is 17.0. The van der Waals surface area contributed by atoms with Crippen LogP contribution in [-0.4, -0.2) is 56.4 Å². The maximum absolute atomic E-state index is 13.0. The number of nitro benzene ring substituents is 1. The molecule has 1 aromatic carbocycles. The molecule has 0 spiro atoms. The zero-order valence-electron chi connectivity index (χ0n) is 16.6. The van der Waals surface area contributed by atoms with Gasteiger partial charge in [-0.2, -0.15) is 13.2 Å². The van der Waals surface area contributed by atoms with E-state index in [-0.39, 0.29) is 42.6 Å². The van der Waals surface area contributed by atoms with E-state index in [0.717, 1.165) is 0 Å². The number of anilines is 2. The maximum Gasteiger partial charge on any atom is 0.391 e. The van der Waals surface area contributed by atoms with Crippen molar-refractivity contribution >= 4 is 23.0 Å². The van der Waals surface area contributed by atoms with Gasteiger partial charge in [-0.05, 0) is 31.7 Å². The van der Waals surface area contributed by atoms with Gasteiger partial charge < -0.3 is 20.3 Å². The SMILES string of the molecule is CNc1cc(N2CCOCC2)c(C(=O)NC2CCC(C(F)(F)F)CC2)cc1[N+](=O)[O-]. The van der Waals surface area contributed by atoms with Gasteiger partial charge in [-0.25, -0.2) is 0 Å². The molecular formula is C19H25F3N4O4. The average Bonchev–Trinajstić information content (AvgIpc) is 2.73. The first kappa shape index (κ1) is 22.1. The molecule has 1 aliphatic carbocycles. The van der Waals surface area contributed by atoms with Crippen LogP contribution in [0.4, 0.5) is 30.2 Å². The van der Waals surface area contributed by atoms with Gasteiger partial charge in [0.05, 0.1) is 35.3 Å². The second kappa shape index (κ2) is 9.07. The monoisotopic (exact) mass is 430 g/mol. The minimum Gasteiger partial charge on any atom is -0.383 e. The van der Waals surface area contributed by atoms with Crippen LogP contribution in [0, 0.1) is 16.0 Å². The first-order valence-electron chi connectivity index (χ1n) is 9.91. The van der Waals surface area contributed by atoms with E-state index < -0.39 is 29.0 Å². The molecule has 1 heterocycles. The lowest BCUT2D eigenvalue weighted by atomic mass is 9.85. The number of benzene rings is 1. The molecule has 1 saturated heterocycles. The molecule has 0 bridgehead atoms. The highest BCUT2D eigenvalue weighted by molar-refractivity contribution is 6.02. The van der Waals surface area contributed by atoms with E-state index in [9.17, 15) is 28.1 Å². The van der Waals surface area contributed by atoms with Crippen molar-refractivity contribution in [1.82, 2.24) is 5.32 Å². The number of hydrogen-bond donors (Lipinski definition) is 2. The fourth-order valence-electron chi connectivity index (χ4n) is 4.00. The molecule has 0 aromatic heterocycles. The zero-order valence-corrected chi connectivity index (χ0v) is 16.6. The predicted octanol–water partition coefficient (Wildman–Crippen LogP) is 3.32. The molecule has 2 fully saturated rings. The third-order valence-electron chi connectivity index (χ3n) is 5.70. The highest BCUT2D eigenvalue weighted by Gasteiger charge is 2.41. The van der Waals surface area contributed by atoms with Gasteiger partial charge in [0.1, 0.15) is 5.69 Å². The fourth-order valence-corrected chi connectivity index (χ4v) is 4.00. The van der Waals surface area contributed by atoms with E-state index in [4.69, 9.17) is 4.74 Å². The second-order valence-corrected chi connectivity index (χ2v) is 7.56. The number of alkyl halides is 3. The maximum atomic E-state index is 13.0. The van der Waals surface area contributed by atoms with Crippen molar-refractivity contribution in [2.45, 2.75) is 37.9 Å². The Bertz CT molecular complexity index is 789. The highest BCUT2D eigenvalue weighted by Crippen LogP contribution is 2.38. The average molecular weight is 430 g/mol. The number of carbonyl (C=O) groups is 1. The third-order valence-corrected chi connectivity index (χ3v) is 5.70. The van der Waals surface area contributed by atoms with Gasteiger partial charge in [0.15, 0.2) is 0 Å². The van der Waals surface area contributed by atoms with Crippen molar-refractivity contribution in [2.24, 2.45) is 5.92 Å². The largest absolute Gasteiger partial charge is 0.391 e. The van der Waals surface area contributed by atoms with Crippen molar-refractivity contribution in [2.75, 3.05) is 43.6 Å². The molecular weight excluding hydrogens is 405 g/mol. The number of carbonyl (C=O) groups excluding carboxylic acids is 1. The fraction of sp³-hybridized carbons (Fsp3) is 0.632. The molecule has 1 aromatic rings. The van der Waals surface area contributed by atoms with Crippen LogP contribution in [-0.2, 0) is 4.74 Å². The lowest BCUT2D eigenvalue weighted by Crippen LogP contribution is -2.41. The van der Waals surface area contributed by atoms with Crippen LogP contribution in [0.25, 0.3) is 0 Å². The molecule has 1 amide bonds. The van der Waals surface area contributed by atoms with Gasteiger partial charge in [-0.1, -0.05) is 0 Å². The predicted molar refractivity (Wildman–Crippen MR) is 105 cm³/mol. The van der Waals surface area contributed by atoms with Gasteiger partial charge >= 0.3 is 6.18 Å². The molecule has 8 nitrogen and oxygen atoms in total. The normalized spacial score (nSPS) is 22.5. The Labute approximate surface area is 171 Å². The zero-order chi connectivity index (χ0) is 21.9. The first-order valence-corrected chi connectivity index (χ1v) is 9.91. The van der Waals surface area contributed by atoms with Crippen LogP contribution < -0.4 is 15.5 Å². The standard InChI is InChI=1S/C19H25F3N4O4/c1-23-15-11-16(25-6-8-30-9-7-25)14(10-17(15)26(28)29)18(27)24-13-4-2-12(3-5-13)19(20,21)22/h10-13,23H,2-9H2,1H3,(H,24,27). The van der Waals surface area contributed by atoms with Gasteiger partial charge in [-0.15, -0.1) is 0 Å². The lowest BCUT2D eigenvalue weighted by molar-refractivity contribution is -0.384. The van der Waals surface area contributed by atoms with Crippen LogP contribution in [0.2, 0.25) is 0 Å². The summed E-state index contributed by atoms with van der Waals surface area (Å²) in [4.78, 5) is 25.8. The molecule has 2 N–H and O–H groups in total. The van der Waals surface area contributed by atoms with E-state index in [1.54, 1.807) is 13.1 Å². The van der Waals surface area contributed by atoms with Crippen molar-refractivity contribution in [1.29, 1.82) is 0 Å². The summed E-state index contributed by atoms with van der Waals surface area (Å²) in [6.45, 7) is 1.98. The molecule has 0 radical (unpaired) electrons. The number of rotatable bonds is 5. The number of nitrogens with zero attached hydrogens (tertiary/aromatic N) is 2. The molecule has 1 aliphatic heterocycles. The highest BCUT2D eigenvalue weighted by atomic mass is 19.4. The molecule has 1 saturated carbocycles. The smallest absolute Gasteiger partial charge is 0.383 e. The molecule has 166 valence electrons. The van der Waals surface area contributed by atoms with E-state index in [1.807, 2.05) is 4.90 Å². The number of hydrogen-bond acceptors (Lipinski definition) is 6. The van der Waals surface area contributed by atoms with Crippen LogP contribution in [0.15, 0.2) is 12.1 Å². The van der Waals surface area contributed by atoms with Crippen LogP contribution >= 0.6 is 0 Å². The molecule has 30 heavy (non-hydrogen) atoms. The molecule has 0 atom stereocenters. The summed E-state index contributed by atoms with van der Waals surface area (Å²) in [6.07, 6.45) is -3.85.